The number of anilines is 1. The summed E-state index contributed by atoms with van der Waals surface area (Å²) in [5, 5.41) is 1.01. The summed E-state index contributed by atoms with van der Waals surface area (Å²) < 4.78 is 16.7. The molecular formula is C24H27N3O3. The maximum Gasteiger partial charge on any atom is 0.162 e. The maximum atomic E-state index is 5.61. The summed E-state index contributed by atoms with van der Waals surface area (Å²) in [6.45, 7) is 1.86. The second kappa shape index (κ2) is 7.67. The first-order chi connectivity index (χ1) is 14.7. The Labute approximate surface area is 176 Å². The molecule has 6 nitrogen and oxygen atoms in total. The van der Waals surface area contributed by atoms with Crippen LogP contribution in [-0.2, 0) is 0 Å². The van der Waals surface area contributed by atoms with Crippen molar-refractivity contribution >= 4 is 16.7 Å². The first-order valence-corrected chi connectivity index (χ1v) is 10.5. The number of benzene rings is 2. The van der Waals surface area contributed by atoms with E-state index in [4.69, 9.17) is 24.2 Å². The van der Waals surface area contributed by atoms with Crippen LogP contribution in [0.15, 0.2) is 36.4 Å². The van der Waals surface area contributed by atoms with Crippen LogP contribution in [0.5, 0.6) is 17.2 Å². The summed E-state index contributed by atoms with van der Waals surface area (Å²) in [5.41, 5.74) is 2.18. The third-order valence-corrected chi connectivity index (χ3v) is 6.21. The number of methoxy groups -OCH3 is 3. The van der Waals surface area contributed by atoms with Gasteiger partial charge in [0, 0.05) is 36.4 Å². The molecule has 1 saturated heterocycles. The van der Waals surface area contributed by atoms with Crippen LogP contribution in [0, 0.1) is 0 Å². The van der Waals surface area contributed by atoms with E-state index < -0.39 is 0 Å². The van der Waals surface area contributed by atoms with Crippen LogP contribution in [-0.4, -0.2) is 44.4 Å². The Kier molecular flexibility index (Phi) is 4.85. The molecule has 0 bridgehead atoms. The van der Waals surface area contributed by atoms with Gasteiger partial charge in [0.1, 0.15) is 17.4 Å². The van der Waals surface area contributed by atoms with Gasteiger partial charge in [0.05, 0.1) is 26.8 Å². The molecule has 2 heterocycles. The Hall–Kier alpha value is -3.02. The van der Waals surface area contributed by atoms with Gasteiger partial charge in [-0.25, -0.2) is 9.97 Å². The number of fused-ring (bicyclic) bond motifs is 1. The predicted molar refractivity (Wildman–Crippen MR) is 117 cm³/mol. The van der Waals surface area contributed by atoms with Crippen molar-refractivity contribution in [3.8, 4) is 17.2 Å². The molecule has 1 aromatic heterocycles. The average Bonchev–Trinajstić information content (AvgIpc) is 3.54. The van der Waals surface area contributed by atoms with Crippen LogP contribution in [0.4, 0.5) is 5.82 Å². The lowest BCUT2D eigenvalue weighted by atomic mass is 9.97. The van der Waals surface area contributed by atoms with Crippen molar-refractivity contribution < 1.29 is 14.2 Å². The Morgan fingerprint density at radius 2 is 1.57 bits per heavy atom. The fourth-order valence-electron chi connectivity index (χ4n) is 4.43. The van der Waals surface area contributed by atoms with E-state index >= 15 is 0 Å². The summed E-state index contributed by atoms with van der Waals surface area (Å²) in [6.07, 6.45) is 3.40. The molecule has 1 aliphatic carbocycles. The molecule has 2 fully saturated rings. The number of rotatable bonds is 6. The summed E-state index contributed by atoms with van der Waals surface area (Å²) in [5.74, 6) is 5.21. The molecule has 2 aromatic carbocycles. The molecule has 1 aliphatic heterocycles. The monoisotopic (exact) mass is 405 g/mol. The molecule has 1 atom stereocenters. The molecule has 156 valence electrons. The minimum Gasteiger partial charge on any atom is -0.496 e. The predicted octanol–water partition coefficient (Wildman–Crippen LogP) is 4.53. The number of hydrogen-bond donors (Lipinski definition) is 0. The van der Waals surface area contributed by atoms with E-state index in [1.54, 1.807) is 21.3 Å². The lowest BCUT2D eigenvalue weighted by Gasteiger charge is -2.21. The first kappa shape index (κ1) is 19.0. The highest BCUT2D eigenvalue weighted by Crippen LogP contribution is 2.43. The molecule has 1 unspecified atom stereocenters. The summed E-state index contributed by atoms with van der Waals surface area (Å²) in [4.78, 5) is 12.3. The van der Waals surface area contributed by atoms with Crippen molar-refractivity contribution in [3.05, 3.63) is 47.8 Å². The zero-order valence-electron chi connectivity index (χ0n) is 17.7. The van der Waals surface area contributed by atoms with Crippen molar-refractivity contribution in [2.24, 2.45) is 0 Å². The normalized spacial score (nSPS) is 18.6. The maximum absolute atomic E-state index is 5.61. The van der Waals surface area contributed by atoms with Gasteiger partial charge in [-0.05, 0) is 37.0 Å². The Morgan fingerprint density at radius 1 is 0.833 bits per heavy atom. The molecule has 3 aromatic rings. The molecule has 0 amide bonds. The Balaban J connectivity index is 1.56. The van der Waals surface area contributed by atoms with Gasteiger partial charge in [-0.1, -0.05) is 18.2 Å². The zero-order valence-corrected chi connectivity index (χ0v) is 17.7. The second-order valence-corrected chi connectivity index (χ2v) is 8.08. The van der Waals surface area contributed by atoms with Gasteiger partial charge in [0.25, 0.3) is 0 Å². The quantitative estimate of drug-likeness (QED) is 0.601. The van der Waals surface area contributed by atoms with Gasteiger partial charge in [-0.3, -0.25) is 0 Å². The molecule has 6 heteroatoms. The van der Waals surface area contributed by atoms with Crippen LogP contribution in [0.3, 0.4) is 0 Å². The minimum absolute atomic E-state index is 0.413. The van der Waals surface area contributed by atoms with Crippen molar-refractivity contribution in [3.63, 3.8) is 0 Å². The molecule has 5 rings (SSSR count). The smallest absolute Gasteiger partial charge is 0.162 e. The topological polar surface area (TPSA) is 56.7 Å². The number of aromatic nitrogens is 2. The fraction of sp³-hybridized carbons (Fsp3) is 0.417. The van der Waals surface area contributed by atoms with E-state index in [0.717, 1.165) is 47.8 Å². The van der Waals surface area contributed by atoms with Gasteiger partial charge in [0.15, 0.2) is 11.5 Å². The molecule has 2 aliphatic rings. The Bertz CT molecular complexity index is 1080. The van der Waals surface area contributed by atoms with E-state index in [2.05, 4.69) is 17.0 Å². The molecule has 0 radical (unpaired) electrons. The van der Waals surface area contributed by atoms with E-state index in [1.165, 1.54) is 18.4 Å². The van der Waals surface area contributed by atoms with Crippen molar-refractivity contribution in [1.82, 2.24) is 9.97 Å². The molecule has 1 saturated carbocycles. The highest BCUT2D eigenvalue weighted by molar-refractivity contribution is 5.92. The van der Waals surface area contributed by atoms with E-state index in [0.29, 0.717) is 23.3 Å². The van der Waals surface area contributed by atoms with Crippen LogP contribution in [0.2, 0.25) is 0 Å². The Morgan fingerprint density at radius 3 is 2.30 bits per heavy atom. The van der Waals surface area contributed by atoms with Gasteiger partial charge in [-0.15, -0.1) is 0 Å². The number of nitrogens with zero attached hydrogens (tertiary/aromatic N) is 3. The number of ether oxygens (including phenoxy) is 3. The molecular weight excluding hydrogens is 378 g/mol. The van der Waals surface area contributed by atoms with Gasteiger partial charge < -0.3 is 19.1 Å². The summed E-state index contributed by atoms with van der Waals surface area (Å²) >= 11 is 0. The third-order valence-electron chi connectivity index (χ3n) is 6.21. The van der Waals surface area contributed by atoms with Gasteiger partial charge in [-0.2, -0.15) is 0 Å². The third kappa shape index (κ3) is 3.30. The summed E-state index contributed by atoms with van der Waals surface area (Å²) in [7, 11) is 5.06. The van der Waals surface area contributed by atoms with Crippen molar-refractivity contribution in [1.29, 1.82) is 0 Å². The van der Waals surface area contributed by atoms with E-state index in [1.807, 2.05) is 24.3 Å². The van der Waals surface area contributed by atoms with Gasteiger partial charge in [0.2, 0.25) is 0 Å². The largest absolute Gasteiger partial charge is 0.496 e. The van der Waals surface area contributed by atoms with Crippen LogP contribution < -0.4 is 19.1 Å². The highest BCUT2D eigenvalue weighted by atomic mass is 16.5. The minimum atomic E-state index is 0.413. The van der Waals surface area contributed by atoms with E-state index in [-0.39, 0.29) is 0 Å². The average molecular weight is 405 g/mol. The zero-order chi connectivity index (χ0) is 20.7. The van der Waals surface area contributed by atoms with Crippen molar-refractivity contribution in [2.45, 2.75) is 31.1 Å². The SMILES string of the molecule is COc1cc2nc(C3CC3)nc(N3CCC(c4ccccc4OC)C3)c2cc1OC. The van der Waals surface area contributed by atoms with E-state index in [9.17, 15) is 0 Å². The first-order valence-electron chi connectivity index (χ1n) is 10.5. The molecule has 0 spiro atoms. The van der Waals surface area contributed by atoms with Crippen LogP contribution >= 0.6 is 0 Å². The van der Waals surface area contributed by atoms with Crippen molar-refractivity contribution in [2.75, 3.05) is 39.3 Å². The number of hydrogen-bond acceptors (Lipinski definition) is 6. The molecule has 0 N–H and O–H groups in total. The lowest BCUT2D eigenvalue weighted by Crippen LogP contribution is -2.21. The summed E-state index contributed by atoms with van der Waals surface area (Å²) in [6, 6.07) is 12.3. The number of para-hydroxylation sites is 1. The fourth-order valence-corrected chi connectivity index (χ4v) is 4.43. The van der Waals surface area contributed by atoms with Gasteiger partial charge >= 0.3 is 0 Å². The second-order valence-electron chi connectivity index (χ2n) is 8.08. The lowest BCUT2D eigenvalue weighted by molar-refractivity contribution is 0.355. The highest BCUT2D eigenvalue weighted by Gasteiger charge is 2.32. The standard InChI is InChI=1S/C24H27N3O3/c1-28-20-7-5-4-6-17(20)16-10-11-27(14-16)24-18-12-21(29-2)22(30-3)13-19(18)25-23(26-24)15-8-9-15/h4-7,12-13,15-16H,8-11,14H2,1-3H3. The van der Waals surface area contributed by atoms with Crippen LogP contribution in [0.25, 0.3) is 10.9 Å². The van der Waals surface area contributed by atoms with Crippen LogP contribution in [0.1, 0.15) is 42.5 Å². The molecule has 30 heavy (non-hydrogen) atoms.